The lowest BCUT2D eigenvalue weighted by atomic mass is 9.89. The molecule has 2 N–H and O–H groups in total. The third-order valence-corrected chi connectivity index (χ3v) is 12.0. The third kappa shape index (κ3) is 5.36. The second-order valence-electron chi connectivity index (χ2n) is 10.3. The Morgan fingerprint density at radius 2 is 1.95 bits per heavy atom. The first kappa shape index (κ1) is 30.5. The average molecular weight is 680 g/mol. The number of anilines is 1. The van der Waals surface area contributed by atoms with Crippen LogP contribution in [0.2, 0.25) is 5.15 Å². The lowest BCUT2D eigenvalue weighted by molar-refractivity contribution is 0.0964. The molecule has 0 radical (unpaired) electrons. The topological polar surface area (TPSA) is 143 Å². The maximum atomic E-state index is 13.9. The number of benzene rings is 2. The number of hydrogen-bond acceptors (Lipinski definition) is 8. The fourth-order valence-electron chi connectivity index (χ4n) is 5.49. The first-order valence-electron chi connectivity index (χ1n) is 13.6. The molecule has 2 aromatic carbocycles. The number of piperidine rings is 1. The number of carbonyl (C=O) groups excluding carboxylic acids is 1. The van der Waals surface area contributed by atoms with Gasteiger partial charge in [-0.2, -0.15) is 4.31 Å². The van der Waals surface area contributed by atoms with Gasteiger partial charge in [-0.3, -0.25) is 13.9 Å². The first-order chi connectivity index (χ1) is 20.9. The van der Waals surface area contributed by atoms with Gasteiger partial charge in [-0.15, -0.1) is 11.3 Å². The molecule has 0 unspecified atom stereocenters. The normalized spacial score (nSPS) is 16.5. The van der Waals surface area contributed by atoms with Gasteiger partial charge >= 0.3 is 0 Å². The van der Waals surface area contributed by atoms with E-state index in [0.717, 1.165) is 0 Å². The number of amides is 1. The van der Waals surface area contributed by atoms with Crippen LogP contribution in [0.15, 0.2) is 57.4 Å². The highest BCUT2D eigenvalue weighted by Gasteiger charge is 2.37. The van der Waals surface area contributed by atoms with Crippen LogP contribution in [0.25, 0.3) is 27.3 Å². The van der Waals surface area contributed by atoms with E-state index in [-0.39, 0.29) is 51.6 Å². The van der Waals surface area contributed by atoms with Gasteiger partial charge in [-0.05, 0) is 61.6 Å². The van der Waals surface area contributed by atoms with Crippen LogP contribution < -0.4 is 10.0 Å². The predicted octanol–water partition coefficient (Wildman–Crippen LogP) is 5.29. The minimum Gasteiger partial charge on any atom is -0.455 e. The van der Waals surface area contributed by atoms with Crippen molar-refractivity contribution in [2.75, 3.05) is 30.6 Å². The first-order valence-corrected chi connectivity index (χ1v) is 18.0. The molecule has 1 amide bonds. The zero-order valence-corrected chi connectivity index (χ0v) is 26.7. The summed E-state index contributed by atoms with van der Waals surface area (Å²) in [5.41, 5.74) is 1.59. The molecule has 1 aliphatic rings. The highest BCUT2D eigenvalue weighted by molar-refractivity contribution is 7.92. The smallest absolute Gasteiger partial charge is 0.262 e. The lowest BCUT2D eigenvalue weighted by Crippen LogP contribution is -2.39. The molecule has 1 aliphatic heterocycles. The number of carbonyl (C=O) groups is 1. The molecule has 0 saturated carbocycles. The van der Waals surface area contributed by atoms with Crippen LogP contribution in [0.1, 0.15) is 41.6 Å². The van der Waals surface area contributed by atoms with E-state index in [1.165, 1.54) is 64.3 Å². The number of halogens is 2. The van der Waals surface area contributed by atoms with Crippen molar-refractivity contribution in [1.82, 2.24) is 19.0 Å². The Balaban J connectivity index is 1.49. The number of fused-ring (bicyclic) bond motifs is 2. The summed E-state index contributed by atoms with van der Waals surface area (Å²) in [6.45, 7) is 1.76. The van der Waals surface area contributed by atoms with E-state index in [4.69, 9.17) is 16.0 Å². The molecule has 0 bridgehead atoms. The van der Waals surface area contributed by atoms with Crippen molar-refractivity contribution in [1.29, 1.82) is 0 Å². The number of hydrogen-bond donors (Lipinski definition) is 2. The zero-order chi connectivity index (χ0) is 31.4. The quantitative estimate of drug-likeness (QED) is 0.227. The second-order valence-corrected chi connectivity index (χ2v) is 15.4. The van der Waals surface area contributed by atoms with Crippen molar-refractivity contribution in [3.63, 3.8) is 0 Å². The molecule has 1 atom stereocenters. The van der Waals surface area contributed by atoms with E-state index >= 15 is 0 Å². The number of nitrogens with zero attached hydrogens (tertiary/aromatic N) is 3. The number of imidazole rings is 1. The fraction of sp³-hybridized carbons (Fsp3) is 0.286. The summed E-state index contributed by atoms with van der Waals surface area (Å²) in [6.07, 6.45) is 2.63. The van der Waals surface area contributed by atoms with E-state index in [2.05, 4.69) is 15.0 Å². The number of furan rings is 1. The monoisotopic (exact) mass is 679 g/mol. The van der Waals surface area contributed by atoms with Crippen LogP contribution in [0.3, 0.4) is 0 Å². The molecular weight excluding hydrogens is 653 g/mol. The van der Waals surface area contributed by atoms with Gasteiger partial charge in [0, 0.05) is 48.7 Å². The van der Waals surface area contributed by atoms with Crippen LogP contribution in [-0.4, -0.2) is 62.3 Å². The van der Waals surface area contributed by atoms with Crippen molar-refractivity contribution in [2.45, 2.75) is 30.7 Å². The van der Waals surface area contributed by atoms with Gasteiger partial charge in [0.1, 0.15) is 17.2 Å². The number of rotatable bonds is 8. The summed E-state index contributed by atoms with van der Waals surface area (Å²) in [6, 6.07) is 8.64. The summed E-state index contributed by atoms with van der Waals surface area (Å²) in [5, 5.41) is 4.47. The molecule has 0 aliphatic carbocycles. The SMILES string of the molecule is CCS(=O)(=O)Nc1cc2oc(-c3ccc(F)cc3)c(C(=O)NC)c2cc1[C@@H]1CCCN(S(=O)(=O)c2c(Cl)nc3sccn23)C1. The summed E-state index contributed by atoms with van der Waals surface area (Å²) in [7, 11) is -6.37. The molecular formula is C28H27ClFN5O6S3. The van der Waals surface area contributed by atoms with E-state index in [0.29, 0.717) is 34.3 Å². The third-order valence-electron chi connectivity index (χ3n) is 7.65. The largest absolute Gasteiger partial charge is 0.455 e. The van der Waals surface area contributed by atoms with Crippen molar-refractivity contribution in [2.24, 2.45) is 0 Å². The van der Waals surface area contributed by atoms with Crippen LogP contribution >= 0.6 is 22.9 Å². The van der Waals surface area contributed by atoms with E-state index in [1.807, 2.05) is 0 Å². The molecule has 6 rings (SSSR count). The predicted molar refractivity (Wildman–Crippen MR) is 167 cm³/mol. The average Bonchev–Trinajstić information content (AvgIpc) is 3.69. The Morgan fingerprint density at radius 1 is 1.20 bits per heavy atom. The Labute approximate surface area is 261 Å². The Morgan fingerprint density at radius 3 is 2.66 bits per heavy atom. The second kappa shape index (κ2) is 11.5. The van der Waals surface area contributed by atoms with E-state index in [1.54, 1.807) is 17.6 Å². The van der Waals surface area contributed by atoms with Crippen LogP contribution in [0.4, 0.5) is 10.1 Å². The fourth-order valence-corrected chi connectivity index (χ4v) is 9.07. The Bertz CT molecular complexity index is 2120. The number of nitrogens with one attached hydrogen (secondary N) is 2. The maximum absolute atomic E-state index is 13.9. The standard InChI is InChI=1S/C28H27ClFN5O6S3/c1-3-43(37,38)33-21-14-22-20(23(26(36)31-2)24(41-22)16-6-8-18(30)9-7-16)13-19(21)17-5-4-10-34(15-17)44(39,40)27-25(29)32-28-35(27)11-12-42-28/h6-9,11-14,17,33H,3-5,10,15H2,1-2H3,(H,31,36)/t17-/m1/s1. The summed E-state index contributed by atoms with van der Waals surface area (Å²) in [4.78, 5) is 17.8. The molecule has 3 aromatic heterocycles. The maximum Gasteiger partial charge on any atom is 0.262 e. The molecule has 1 fully saturated rings. The summed E-state index contributed by atoms with van der Waals surface area (Å²) in [5.74, 6) is -1.39. The molecule has 4 heterocycles. The highest BCUT2D eigenvalue weighted by atomic mass is 35.5. The zero-order valence-electron chi connectivity index (χ0n) is 23.5. The van der Waals surface area contributed by atoms with Crippen molar-refractivity contribution < 1.29 is 30.4 Å². The number of sulfonamides is 2. The van der Waals surface area contributed by atoms with Gasteiger partial charge in [0.15, 0.2) is 15.1 Å². The van der Waals surface area contributed by atoms with Gasteiger partial charge in [-0.1, -0.05) is 11.6 Å². The number of aromatic nitrogens is 2. The van der Waals surface area contributed by atoms with Crippen molar-refractivity contribution in [3.8, 4) is 11.3 Å². The van der Waals surface area contributed by atoms with Crippen molar-refractivity contribution in [3.05, 3.63) is 70.1 Å². The van der Waals surface area contributed by atoms with Gasteiger partial charge in [0.25, 0.3) is 15.9 Å². The molecule has 1 saturated heterocycles. The molecule has 16 heteroatoms. The molecule has 0 spiro atoms. The number of thiazole rings is 1. The lowest BCUT2D eigenvalue weighted by Gasteiger charge is -2.33. The molecule has 232 valence electrons. The van der Waals surface area contributed by atoms with Crippen molar-refractivity contribution >= 4 is 70.5 Å². The molecule has 11 nitrogen and oxygen atoms in total. The summed E-state index contributed by atoms with van der Waals surface area (Å²) < 4.78 is 78.5. The van der Waals surface area contributed by atoms with Crippen LogP contribution in [-0.2, 0) is 20.0 Å². The van der Waals surface area contributed by atoms with Crippen LogP contribution in [0.5, 0.6) is 0 Å². The van der Waals surface area contributed by atoms with E-state index < -0.39 is 37.7 Å². The van der Waals surface area contributed by atoms with Gasteiger partial charge < -0.3 is 9.73 Å². The van der Waals surface area contributed by atoms with Gasteiger partial charge in [0.05, 0.1) is 17.0 Å². The van der Waals surface area contributed by atoms with Gasteiger partial charge in [0.2, 0.25) is 10.0 Å². The minimum atomic E-state index is -4.09. The highest BCUT2D eigenvalue weighted by Crippen LogP contribution is 2.42. The molecule has 44 heavy (non-hydrogen) atoms. The Hall–Kier alpha value is -3.50. The van der Waals surface area contributed by atoms with E-state index in [9.17, 15) is 26.0 Å². The van der Waals surface area contributed by atoms with Crippen LogP contribution in [0, 0.1) is 5.82 Å². The summed E-state index contributed by atoms with van der Waals surface area (Å²) >= 11 is 7.55. The molecule has 5 aromatic rings. The Kier molecular flexibility index (Phi) is 7.94. The van der Waals surface area contributed by atoms with Gasteiger partial charge in [-0.25, -0.2) is 26.2 Å². The minimum absolute atomic E-state index is 0.0281.